The summed E-state index contributed by atoms with van der Waals surface area (Å²) in [5.74, 6) is 0.493. The van der Waals surface area contributed by atoms with Gasteiger partial charge in [-0.2, -0.15) is 0 Å². The molecule has 1 saturated heterocycles. The van der Waals surface area contributed by atoms with Gasteiger partial charge < -0.3 is 16.0 Å². The van der Waals surface area contributed by atoms with Crippen molar-refractivity contribution in [1.82, 2.24) is 20.2 Å². The van der Waals surface area contributed by atoms with E-state index in [1.165, 1.54) is 16.1 Å². The summed E-state index contributed by atoms with van der Waals surface area (Å²) in [6.45, 7) is 7.57. The predicted octanol–water partition coefficient (Wildman–Crippen LogP) is 4.22. The highest BCUT2D eigenvalue weighted by molar-refractivity contribution is 7.14. The maximum Gasteiger partial charge on any atom is 0.261 e. The number of aromatic nitrogens is 2. The van der Waals surface area contributed by atoms with E-state index < -0.39 is 0 Å². The van der Waals surface area contributed by atoms with Gasteiger partial charge in [0, 0.05) is 73.8 Å². The molecule has 4 aromatic rings. The number of carbonyl (C=O) groups is 1. The van der Waals surface area contributed by atoms with Crippen LogP contribution in [0.2, 0.25) is 0 Å². The molecule has 1 aliphatic heterocycles. The van der Waals surface area contributed by atoms with Crippen LogP contribution in [0.4, 0.5) is 11.5 Å². The van der Waals surface area contributed by atoms with Crippen LogP contribution < -0.4 is 16.0 Å². The number of nitrogens with zero attached hydrogens (tertiary/aromatic N) is 4. The monoisotopic (exact) mass is 486 g/mol. The van der Waals surface area contributed by atoms with Crippen LogP contribution >= 0.6 is 11.3 Å². The summed E-state index contributed by atoms with van der Waals surface area (Å²) in [6, 6.07) is 14.1. The van der Waals surface area contributed by atoms with Crippen molar-refractivity contribution >= 4 is 39.5 Å². The lowest BCUT2D eigenvalue weighted by atomic mass is 10.1. The second-order valence-electron chi connectivity index (χ2n) is 8.97. The van der Waals surface area contributed by atoms with Crippen molar-refractivity contribution in [2.75, 3.05) is 36.8 Å². The average molecular weight is 487 g/mol. The zero-order chi connectivity index (χ0) is 24.2. The third kappa shape index (κ3) is 5.44. The lowest BCUT2D eigenvalue weighted by Gasteiger charge is -2.23. The van der Waals surface area contributed by atoms with Gasteiger partial charge in [-0.25, -0.2) is 4.98 Å². The van der Waals surface area contributed by atoms with Crippen molar-refractivity contribution < 1.29 is 4.79 Å². The van der Waals surface area contributed by atoms with Crippen molar-refractivity contribution in [3.63, 3.8) is 0 Å². The Kier molecular flexibility index (Phi) is 6.92. The van der Waals surface area contributed by atoms with Crippen LogP contribution in [0.25, 0.3) is 10.8 Å². The standard InChI is InChI=1S/C27H30N6OS/c1-19-15-24(27(34)31-17-20-3-4-23-21(16-20)5-10-30-26(23)28)35-25(19)18-32-11-2-12-33(14-13-32)22-6-8-29-9-7-22/h3-10,15-16H,2,11-14,17-18H2,1H3,(H2,28,30)(H,31,34). The van der Waals surface area contributed by atoms with E-state index in [9.17, 15) is 4.79 Å². The van der Waals surface area contributed by atoms with Crippen LogP contribution in [0, 0.1) is 6.92 Å². The summed E-state index contributed by atoms with van der Waals surface area (Å²) in [7, 11) is 0. The average Bonchev–Trinajstić information content (AvgIpc) is 3.08. The van der Waals surface area contributed by atoms with Gasteiger partial charge in [0.15, 0.2) is 0 Å². The molecule has 0 saturated carbocycles. The Morgan fingerprint density at radius 3 is 2.77 bits per heavy atom. The van der Waals surface area contributed by atoms with Crippen molar-refractivity contribution in [1.29, 1.82) is 0 Å². The molecule has 3 aromatic heterocycles. The molecule has 5 rings (SSSR count). The number of thiophene rings is 1. The Bertz CT molecular complexity index is 1320. The molecule has 3 N–H and O–H groups in total. The number of nitrogen functional groups attached to an aromatic ring is 1. The first-order valence-electron chi connectivity index (χ1n) is 11.9. The fourth-order valence-corrected chi connectivity index (χ4v) is 5.70. The maximum absolute atomic E-state index is 12.9. The number of benzene rings is 1. The van der Waals surface area contributed by atoms with E-state index in [1.54, 1.807) is 17.5 Å². The van der Waals surface area contributed by atoms with Gasteiger partial charge in [-0.15, -0.1) is 11.3 Å². The molecule has 7 nitrogen and oxygen atoms in total. The van der Waals surface area contributed by atoms with Gasteiger partial charge in [0.05, 0.1) is 4.88 Å². The number of amides is 1. The lowest BCUT2D eigenvalue weighted by molar-refractivity contribution is 0.0955. The minimum Gasteiger partial charge on any atom is -0.383 e. The van der Waals surface area contributed by atoms with E-state index in [1.807, 2.05) is 42.7 Å². The third-order valence-electron chi connectivity index (χ3n) is 6.54. The maximum atomic E-state index is 12.9. The highest BCUT2D eigenvalue weighted by Crippen LogP contribution is 2.25. The largest absolute Gasteiger partial charge is 0.383 e. The number of anilines is 2. The second kappa shape index (κ2) is 10.4. The van der Waals surface area contributed by atoms with E-state index >= 15 is 0 Å². The first-order chi connectivity index (χ1) is 17.1. The molecule has 0 atom stereocenters. The Morgan fingerprint density at radius 2 is 1.91 bits per heavy atom. The number of hydrogen-bond acceptors (Lipinski definition) is 7. The highest BCUT2D eigenvalue weighted by atomic mass is 32.1. The van der Waals surface area contributed by atoms with Crippen LogP contribution in [0.1, 0.15) is 32.1 Å². The Hall–Kier alpha value is -3.49. The first kappa shape index (κ1) is 23.3. The number of fused-ring (bicyclic) bond motifs is 1. The summed E-state index contributed by atoms with van der Waals surface area (Å²) < 4.78 is 0. The van der Waals surface area contributed by atoms with E-state index in [4.69, 9.17) is 5.73 Å². The highest BCUT2D eigenvalue weighted by Gasteiger charge is 2.18. The van der Waals surface area contributed by atoms with E-state index in [2.05, 4.69) is 44.1 Å². The molecule has 1 aliphatic rings. The zero-order valence-electron chi connectivity index (χ0n) is 19.9. The first-order valence-corrected chi connectivity index (χ1v) is 12.8. The molecule has 0 spiro atoms. The summed E-state index contributed by atoms with van der Waals surface area (Å²) in [5, 5.41) is 5.03. The zero-order valence-corrected chi connectivity index (χ0v) is 20.7. The van der Waals surface area contributed by atoms with Gasteiger partial charge in [-0.1, -0.05) is 12.1 Å². The molecule has 4 heterocycles. The number of pyridine rings is 2. The number of hydrogen-bond donors (Lipinski definition) is 2. The molecular weight excluding hydrogens is 456 g/mol. The third-order valence-corrected chi connectivity index (χ3v) is 7.76. The van der Waals surface area contributed by atoms with Crippen LogP contribution in [0.5, 0.6) is 0 Å². The fraction of sp³-hybridized carbons (Fsp3) is 0.296. The molecule has 1 fully saturated rings. The number of aryl methyl sites for hydroxylation is 1. The van der Waals surface area contributed by atoms with Crippen molar-refractivity contribution in [2.24, 2.45) is 0 Å². The molecular formula is C27H30N6OS. The molecule has 1 amide bonds. The fourth-order valence-electron chi connectivity index (χ4n) is 4.56. The smallest absolute Gasteiger partial charge is 0.261 e. The molecule has 0 aliphatic carbocycles. The van der Waals surface area contributed by atoms with Gasteiger partial charge in [0.1, 0.15) is 5.82 Å². The van der Waals surface area contributed by atoms with Gasteiger partial charge in [0.25, 0.3) is 5.91 Å². The number of nitrogens with two attached hydrogens (primary N) is 1. The van der Waals surface area contributed by atoms with E-state index in [0.29, 0.717) is 12.4 Å². The summed E-state index contributed by atoms with van der Waals surface area (Å²) in [5.41, 5.74) is 9.40. The number of rotatable bonds is 6. The van der Waals surface area contributed by atoms with Crippen molar-refractivity contribution in [3.8, 4) is 0 Å². The summed E-state index contributed by atoms with van der Waals surface area (Å²) >= 11 is 1.60. The molecule has 35 heavy (non-hydrogen) atoms. The van der Waals surface area contributed by atoms with E-state index in [-0.39, 0.29) is 5.91 Å². The molecule has 0 unspecified atom stereocenters. The SMILES string of the molecule is Cc1cc(C(=O)NCc2ccc3c(N)nccc3c2)sc1CN1CCCN(c2ccncc2)CC1. The second-order valence-corrected chi connectivity index (χ2v) is 10.1. The van der Waals surface area contributed by atoms with Crippen LogP contribution in [0.15, 0.2) is 61.1 Å². The van der Waals surface area contributed by atoms with Crippen molar-refractivity contribution in [2.45, 2.75) is 26.4 Å². The predicted molar refractivity (Wildman–Crippen MR) is 143 cm³/mol. The summed E-state index contributed by atoms with van der Waals surface area (Å²) in [6.07, 6.45) is 6.53. The van der Waals surface area contributed by atoms with Crippen molar-refractivity contribution in [3.05, 3.63) is 81.9 Å². The van der Waals surface area contributed by atoms with Gasteiger partial charge in [-0.3, -0.25) is 14.7 Å². The minimum atomic E-state index is -0.0292. The number of carbonyl (C=O) groups excluding carboxylic acids is 1. The minimum absolute atomic E-state index is 0.0292. The normalized spacial score (nSPS) is 14.7. The van der Waals surface area contributed by atoms with Gasteiger partial charge in [0.2, 0.25) is 0 Å². The topological polar surface area (TPSA) is 87.4 Å². The molecule has 1 aromatic carbocycles. The van der Waals surface area contributed by atoms with Crippen LogP contribution in [-0.2, 0) is 13.1 Å². The molecule has 0 bridgehead atoms. The van der Waals surface area contributed by atoms with E-state index in [0.717, 1.165) is 60.4 Å². The quantitative estimate of drug-likeness (QED) is 0.424. The Balaban J connectivity index is 1.18. The molecule has 0 radical (unpaired) electrons. The van der Waals surface area contributed by atoms with Gasteiger partial charge >= 0.3 is 0 Å². The van der Waals surface area contributed by atoms with Crippen LogP contribution in [-0.4, -0.2) is 47.0 Å². The summed E-state index contributed by atoms with van der Waals surface area (Å²) in [4.78, 5) is 28.1. The molecule has 8 heteroatoms. The number of nitrogens with one attached hydrogen (secondary N) is 1. The molecule has 180 valence electrons. The van der Waals surface area contributed by atoms with Gasteiger partial charge in [-0.05, 0) is 60.2 Å². The Morgan fingerprint density at radius 1 is 1.06 bits per heavy atom. The lowest BCUT2D eigenvalue weighted by Crippen LogP contribution is -2.30. The van der Waals surface area contributed by atoms with Crippen LogP contribution in [0.3, 0.4) is 0 Å². The Labute approximate surface area is 209 Å².